The van der Waals surface area contributed by atoms with Crippen LogP contribution in [0.25, 0.3) is 6.08 Å². The van der Waals surface area contributed by atoms with Gasteiger partial charge in [0.1, 0.15) is 11.5 Å². The van der Waals surface area contributed by atoms with Crippen LogP contribution in [0.1, 0.15) is 5.56 Å². The molecular formula is C25H18FN3O4S. The number of nitrogens with one attached hydrogen (secondary N) is 1. The molecule has 0 aromatic heterocycles. The highest BCUT2D eigenvalue weighted by molar-refractivity contribution is 8.14. The van der Waals surface area contributed by atoms with Gasteiger partial charge in [-0.05, 0) is 48.0 Å². The van der Waals surface area contributed by atoms with Crippen molar-refractivity contribution in [2.24, 2.45) is 4.99 Å². The number of halogens is 1. The first-order chi connectivity index (χ1) is 16.6. The molecule has 2 aliphatic heterocycles. The van der Waals surface area contributed by atoms with Crippen molar-refractivity contribution in [3.63, 3.8) is 0 Å². The smallest absolute Gasteiger partial charge is 0.283 e. The van der Waals surface area contributed by atoms with Crippen LogP contribution in [0.2, 0.25) is 0 Å². The summed E-state index contributed by atoms with van der Waals surface area (Å²) in [5.41, 5.74) is 2.08. The Hall–Kier alpha value is -4.11. The molecule has 0 saturated heterocycles. The number of fused-ring (bicyclic) bond motifs is 1. The number of benzene rings is 3. The Morgan fingerprint density at radius 3 is 2.62 bits per heavy atom. The van der Waals surface area contributed by atoms with E-state index in [0.29, 0.717) is 28.0 Å². The van der Waals surface area contributed by atoms with Crippen LogP contribution in [-0.4, -0.2) is 29.5 Å². The minimum absolute atomic E-state index is 0.0108. The molecule has 0 radical (unpaired) electrons. The van der Waals surface area contributed by atoms with Crippen LogP contribution in [0.3, 0.4) is 0 Å². The summed E-state index contributed by atoms with van der Waals surface area (Å²) in [7, 11) is 0. The van der Waals surface area contributed by atoms with E-state index < -0.39 is 5.82 Å². The first-order valence-corrected chi connectivity index (χ1v) is 11.3. The van der Waals surface area contributed by atoms with E-state index in [1.807, 2.05) is 30.3 Å². The largest absolute Gasteiger partial charge is 0.454 e. The molecule has 3 aromatic carbocycles. The molecule has 9 heteroatoms. The summed E-state index contributed by atoms with van der Waals surface area (Å²) in [5, 5.41) is 3.13. The van der Waals surface area contributed by atoms with Gasteiger partial charge in [0.05, 0.1) is 11.4 Å². The highest BCUT2D eigenvalue weighted by atomic mass is 32.2. The van der Waals surface area contributed by atoms with Gasteiger partial charge >= 0.3 is 0 Å². The van der Waals surface area contributed by atoms with Gasteiger partial charge in [0, 0.05) is 11.8 Å². The molecule has 0 aliphatic carbocycles. The topological polar surface area (TPSA) is 80.2 Å². The minimum Gasteiger partial charge on any atom is -0.454 e. The Kier molecular flexibility index (Phi) is 6.01. The number of carbonyl (C=O) groups is 2. The van der Waals surface area contributed by atoms with Gasteiger partial charge in [-0.3, -0.25) is 14.5 Å². The number of amidine groups is 1. The molecule has 7 nitrogen and oxygen atoms in total. The number of nitrogens with zero attached hydrogens (tertiary/aromatic N) is 2. The Morgan fingerprint density at radius 1 is 1.06 bits per heavy atom. The average Bonchev–Trinajstić information content (AvgIpc) is 3.43. The van der Waals surface area contributed by atoms with Crippen LogP contribution in [0, 0.1) is 5.82 Å². The van der Waals surface area contributed by atoms with Crippen LogP contribution in [0.4, 0.5) is 15.8 Å². The molecule has 0 spiro atoms. The third-order valence-corrected chi connectivity index (χ3v) is 5.94. The average molecular weight is 476 g/mol. The number of carbonyl (C=O) groups excluding carboxylic acids is 2. The summed E-state index contributed by atoms with van der Waals surface area (Å²) in [4.78, 5) is 31.6. The fourth-order valence-corrected chi connectivity index (χ4v) is 4.23. The van der Waals surface area contributed by atoms with E-state index >= 15 is 0 Å². The second-order valence-corrected chi connectivity index (χ2v) is 8.30. The molecule has 2 aliphatic rings. The lowest BCUT2D eigenvalue weighted by molar-refractivity contribution is -0.114. The molecule has 3 aromatic rings. The standard InChI is InChI=1S/C25H18FN3O4S/c26-17-6-9-19(10-7-17)29-24(31)20(12-16-4-2-1-3-5-16)28-25(29)34-14-23(30)27-18-8-11-21-22(13-18)33-15-32-21/h1-13H,14-15H2,(H,27,30)/b20-12-. The zero-order valence-electron chi connectivity index (χ0n) is 17.7. The van der Waals surface area contributed by atoms with Gasteiger partial charge < -0.3 is 14.8 Å². The van der Waals surface area contributed by atoms with Crippen molar-refractivity contribution in [2.45, 2.75) is 0 Å². The fraction of sp³-hybridized carbons (Fsp3) is 0.0800. The quantitative estimate of drug-likeness (QED) is 0.543. The Balaban J connectivity index is 1.34. The maximum atomic E-state index is 13.5. The fourth-order valence-electron chi connectivity index (χ4n) is 3.42. The highest BCUT2D eigenvalue weighted by Gasteiger charge is 2.32. The minimum atomic E-state index is -0.412. The monoisotopic (exact) mass is 475 g/mol. The van der Waals surface area contributed by atoms with Crippen LogP contribution in [0.5, 0.6) is 11.5 Å². The Bertz CT molecular complexity index is 1310. The lowest BCUT2D eigenvalue weighted by atomic mass is 10.2. The third kappa shape index (κ3) is 4.65. The molecule has 0 fully saturated rings. The van der Waals surface area contributed by atoms with E-state index in [-0.39, 0.29) is 30.1 Å². The van der Waals surface area contributed by atoms with E-state index in [9.17, 15) is 14.0 Å². The molecule has 34 heavy (non-hydrogen) atoms. The van der Waals surface area contributed by atoms with Crippen molar-refractivity contribution < 1.29 is 23.5 Å². The van der Waals surface area contributed by atoms with E-state index in [1.165, 1.54) is 29.2 Å². The number of rotatable bonds is 5. The maximum absolute atomic E-state index is 13.5. The number of anilines is 2. The van der Waals surface area contributed by atoms with Crippen molar-refractivity contribution in [2.75, 3.05) is 22.8 Å². The van der Waals surface area contributed by atoms with Gasteiger partial charge in [0.25, 0.3) is 5.91 Å². The summed E-state index contributed by atoms with van der Waals surface area (Å²) in [6, 6.07) is 20.0. The molecular weight excluding hydrogens is 457 g/mol. The molecule has 2 heterocycles. The maximum Gasteiger partial charge on any atom is 0.283 e. The first-order valence-electron chi connectivity index (χ1n) is 10.3. The number of hydrogen-bond donors (Lipinski definition) is 1. The van der Waals surface area contributed by atoms with Crippen LogP contribution in [-0.2, 0) is 9.59 Å². The molecule has 0 bridgehead atoms. The molecule has 0 atom stereocenters. The van der Waals surface area contributed by atoms with Gasteiger partial charge in [-0.1, -0.05) is 42.1 Å². The van der Waals surface area contributed by atoms with Crippen LogP contribution < -0.4 is 19.7 Å². The van der Waals surface area contributed by atoms with Crippen LogP contribution in [0.15, 0.2) is 83.5 Å². The van der Waals surface area contributed by atoms with Crippen LogP contribution >= 0.6 is 11.8 Å². The van der Waals surface area contributed by atoms with E-state index in [4.69, 9.17) is 9.47 Å². The normalized spacial score (nSPS) is 15.6. The third-order valence-electron chi connectivity index (χ3n) is 5.01. The molecule has 1 N–H and O–H groups in total. The van der Waals surface area contributed by atoms with Crippen molar-refractivity contribution in [1.82, 2.24) is 0 Å². The second-order valence-electron chi connectivity index (χ2n) is 7.36. The molecule has 170 valence electrons. The molecule has 0 saturated carbocycles. The van der Waals surface area contributed by atoms with Gasteiger partial charge in [-0.25, -0.2) is 9.38 Å². The number of hydrogen-bond acceptors (Lipinski definition) is 6. The predicted molar refractivity (Wildman–Crippen MR) is 129 cm³/mol. The summed E-state index contributed by atoms with van der Waals surface area (Å²) in [6.45, 7) is 0.147. The Morgan fingerprint density at radius 2 is 1.82 bits per heavy atom. The van der Waals surface area contributed by atoms with Gasteiger partial charge in [-0.2, -0.15) is 0 Å². The van der Waals surface area contributed by atoms with Crippen molar-refractivity contribution in [3.8, 4) is 11.5 Å². The lowest BCUT2D eigenvalue weighted by Crippen LogP contribution is -2.31. The van der Waals surface area contributed by atoms with Crippen molar-refractivity contribution >= 4 is 46.2 Å². The van der Waals surface area contributed by atoms with E-state index in [1.54, 1.807) is 24.3 Å². The summed E-state index contributed by atoms with van der Waals surface area (Å²) < 4.78 is 24.1. The number of thioether (sulfide) groups is 1. The lowest BCUT2D eigenvalue weighted by Gasteiger charge is -2.17. The summed E-state index contributed by atoms with van der Waals surface area (Å²) in [6.07, 6.45) is 1.68. The summed E-state index contributed by atoms with van der Waals surface area (Å²) in [5.74, 6) is 0.155. The second kappa shape index (κ2) is 9.40. The highest BCUT2D eigenvalue weighted by Crippen LogP contribution is 2.34. The van der Waals surface area contributed by atoms with Crippen molar-refractivity contribution in [1.29, 1.82) is 0 Å². The molecule has 0 unspecified atom stereocenters. The zero-order valence-corrected chi connectivity index (χ0v) is 18.5. The predicted octanol–water partition coefficient (Wildman–Crippen LogP) is 4.67. The molecule has 5 rings (SSSR count). The number of ether oxygens (including phenoxy) is 2. The van der Waals surface area contributed by atoms with E-state index in [0.717, 1.165) is 17.3 Å². The number of aliphatic imine (C=N–C) groups is 1. The zero-order chi connectivity index (χ0) is 23.5. The first kappa shape index (κ1) is 21.7. The van der Waals surface area contributed by atoms with Crippen molar-refractivity contribution in [3.05, 3.63) is 89.9 Å². The van der Waals surface area contributed by atoms with Gasteiger partial charge in [0.15, 0.2) is 16.7 Å². The SMILES string of the molecule is O=C(CSC1=N/C(=C\c2ccccc2)C(=O)N1c1ccc(F)cc1)Nc1ccc2c(c1)OCO2. The van der Waals surface area contributed by atoms with Gasteiger partial charge in [-0.15, -0.1) is 0 Å². The van der Waals surface area contributed by atoms with E-state index in [2.05, 4.69) is 10.3 Å². The van der Waals surface area contributed by atoms with Gasteiger partial charge in [0.2, 0.25) is 12.7 Å². The summed E-state index contributed by atoms with van der Waals surface area (Å²) >= 11 is 1.11. The molecule has 2 amide bonds. The number of amides is 2. The Labute approximate surface area is 198 Å².